The monoisotopic (exact) mass is 275 g/mol. The van der Waals surface area contributed by atoms with Gasteiger partial charge in [0.05, 0.1) is 11.4 Å². The predicted molar refractivity (Wildman–Crippen MR) is 64.1 cm³/mol. The van der Waals surface area contributed by atoms with Gasteiger partial charge in [0.1, 0.15) is 0 Å². The lowest BCUT2D eigenvalue weighted by Gasteiger charge is -2.12. The van der Waals surface area contributed by atoms with E-state index in [1.165, 1.54) is 15.3 Å². The molecule has 0 saturated heterocycles. The molecule has 2 nitrogen and oxygen atoms in total. The summed E-state index contributed by atoms with van der Waals surface area (Å²) in [6.07, 6.45) is 0. The Kier molecular flexibility index (Phi) is 4.13. The minimum Gasteiger partial charge on any atom is -0.349 e. The zero-order chi connectivity index (χ0) is 10.7. The minimum atomic E-state index is 0.0285. The van der Waals surface area contributed by atoms with Crippen molar-refractivity contribution in [2.45, 2.75) is 26.8 Å². The molecule has 0 spiro atoms. The fraction of sp³-hybridized carbons (Fsp3) is 0.500. The van der Waals surface area contributed by atoms with Crippen molar-refractivity contribution in [2.24, 2.45) is 0 Å². The van der Waals surface area contributed by atoms with E-state index in [-0.39, 0.29) is 11.9 Å². The molecule has 1 amide bonds. The average molecular weight is 276 g/mol. The zero-order valence-electron chi connectivity index (χ0n) is 8.56. The number of rotatable bonds is 3. The Morgan fingerprint density at radius 1 is 1.64 bits per heavy atom. The van der Waals surface area contributed by atoms with Crippen LogP contribution in [0.4, 0.5) is 0 Å². The van der Waals surface area contributed by atoms with E-state index in [9.17, 15) is 4.79 Å². The quantitative estimate of drug-likeness (QED) is 0.845. The molecular formula is C10H14BrNOS. The smallest absolute Gasteiger partial charge is 0.231 e. The van der Waals surface area contributed by atoms with Gasteiger partial charge in [0, 0.05) is 9.75 Å². The first-order valence-electron chi connectivity index (χ1n) is 4.47. The van der Waals surface area contributed by atoms with Crippen LogP contribution >= 0.6 is 27.3 Å². The van der Waals surface area contributed by atoms with Crippen molar-refractivity contribution in [3.63, 3.8) is 0 Å². The van der Waals surface area contributed by atoms with Crippen LogP contribution in [0.25, 0.3) is 0 Å². The van der Waals surface area contributed by atoms with Gasteiger partial charge in [-0.3, -0.25) is 4.79 Å². The normalized spacial score (nSPS) is 12.6. The molecule has 1 heterocycles. The fourth-order valence-corrected chi connectivity index (χ4v) is 2.62. The van der Waals surface area contributed by atoms with Gasteiger partial charge in [-0.25, -0.2) is 0 Å². The number of hydrogen-bond donors (Lipinski definition) is 1. The number of amides is 1. The molecule has 1 aromatic rings. The Bertz CT molecular complexity index is 335. The summed E-state index contributed by atoms with van der Waals surface area (Å²) in [4.78, 5) is 13.7. The minimum absolute atomic E-state index is 0.0285. The van der Waals surface area contributed by atoms with E-state index in [4.69, 9.17) is 0 Å². The molecule has 1 rings (SSSR count). The van der Waals surface area contributed by atoms with Crippen molar-refractivity contribution in [1.29, 1.82) is 0 Å². The van der Waals surface area contributed by atoms with E-state index >= 15 is 0 Å². The van der Waals surface area contributed by atoms with Gasteiger partial charge < -0.3 is 5.32 Å². The van der Waals surface area contributed by atoms with Gasteiger partial charge in [-0.15, -0.1) is 11.3 Å². The third-order valence-corrected chi connectivity index (χ3v) is 3.54. The zero-order valence-corrected chi connectivity index (χ0v) is 11.0. The highest BCUT2D eigenvalue weighted by Gasteiger charge is 2.12. The largest absolute Gasteiger partial charge is 0.349 e. The Morgan fingerprint density at radius 3 is 2.71 bits per heavy atom. The Labute approximate surface area is 96.8 Å². The molecule has 0 aliphatic heterocycles. The molecule has 4 heteroatoms. The second-order valence-electron chi connectivity index (χ2n) is 3.29. The van der Waals surface area contributed by atoms with Crippen LogP contribution in [-0.4, -0.2) is 11.2 Å². The second-order valence-corrected chi connectivity index (χ2v) is 5.31. The number of halogens is 1. The van der Waals surface area contributed by atoms with Gasteiger partial charge in [-0.1, -0.05) is 15.9 Å². The Balaban J connectivity index is 2.73. The van der Waals surface area contributed by atoms with Gasteiger partial charge in [-0.2, -0.15) is 0 Å². The summed E-state index contributed by atoms with van der Waals surface area (Å²) in [5.74, 6) is 0.0285. The van der Waals surface area contributed by atoms with Gasteiger partial charge in [0.2, 0.25) is 5.91 Å². The molecule has 0 saturated carbocycles. The SMILES string of the molecule is Cc1cc(C(C)NC(=O)CBr)c(C)s1. The lowest BCUT2D eigenvalue weighted by molar-refractivity contribution is -0.119. The van der Waals surface area contributed by atoms with Gasteiger partial charge >= 0.3 is 0 Å². The second kappa shape index (κ2) is 4.94. The summed E-state index contributed by atoms with van der Waals surface area (Å²) in [5.41, 5.74) is 1.22. The fourth-order valence-electron chi connectivity index (χ4n) is 1.44. The van der Waals surface area contributed by atoms with Crippen molar-refractivity contribution in [3.05, 3.63) is 21.4 Å². The number of carbonyl (C=O) groups excluding carboxylic acids is 1. The molecule has 0 aliphatic rings. The molecule has 0 radical (unpaired) electrons. The topological polar surface area (TPSA) is 29.1 Å². The molecule has 0 aromatic carbocycles. The van der Waals surface area contributed by atoms with E-state index in [1.807, 2.05) is 6.92 Å². The van der Waals surface area contributed by atoms with E-state index < -0.39 is 0 Å². The van der Waals surface area contributed by atoms with Gasteiger partial charge in [0.25, 0.3) is 0 Å². The lowest BCUT2D eigenvalue weighted by atomic mass is 10.1. The number of thiophene rings is 1. The van der Waals surface area contributed by atoms with Crippen molar-refractivity contribution >= 4 is 33.2 Å². The Hall–Kier alpha value is -0.350. The summed E-state index contributed by atoms with van der Waals surface area (Å²) in [6.45, 7) is 6.18. The number of alkyl halides is 1. The highest BCUT2D eigenvalue weighted by atomic mass is 79.9. The third-order valence-electron chi connectivity index (χ3n) is 2.04. The van der Waals surface area contributed by atoms with E-state index in [0.29, 0.717) is 5.33 Å². The van der Waals surface area contributed by atoms with Crippen LogP contribution in [0.2, 0.25) is 0 Å². The molecule has 0 bridgehead atoms. The number of hydrogen-bond acceptors (Lipinski definition) is 2. The Morgan fingerprint density at radius 2 is 2.29 bits per heavy atom. The van der Waals surface area contributed by atoms with Crippen LogP contribution < -0.4 is 5.32 Å². The lowest BCUT2D eigenvalue weighted by Crippen LogP contribution is -2.27. The number of carbonyl (C=O) groups is 1. The first-order valence-corrected chi connectivity index (χ1v) is 6.40. The third kappa shape index (κ3) is 2.82. The van der Waals surface area contributed by atoms with E-state index in [1.54, 1.807) is 11.3 Å². The van der Waals surface area contributed by atoms with Crippen LogP contribution in [0.5, 0.6) is 0 Å². The van der Waals surface area contributed by atoms with Crippen LogP contribution in [0.3, 0.4) is 0 Å². The maximum absolute atomic E-state index is 11.2. The number of nitrogens with one attached hydrogen (secondary N) is 1. The van der Waals surface area contributed by atoms with Crippen molar-refractivity contribution < 1.29 is 4.79 Å². The van der Waals surface area contributed by atoms with Crippen LogP contribution in [-0.2, 0) is 4.79 Å². The summed E-state index contributed by atoms with van der Waals surface area (Å²) < 4.78 is 0. The van der Waals surface area contributed by atoms with Gasteiger partial charge in [0.15, 0.2) is 0 Å². The maximum atomic E-state index is 11.2. The predicted octanol–water partition coefficient (Wildman–Crippen LogP) is 2.94. The molecular weight excluding hydrogens is 262 g/mol. The summed E-state index contributed by atoms with van der Waals surface area (Å²) in [5, 5.41) is 3.28. The molecule has 78 valence electrons. The summed E-state index contributed by atoms with van der Waals surface area (Å²) >= 11 is 4.90. The molecule has 1 N–H and O–H groups in total. The average Bonchev–Trinajstić information content (AvgIpc) is 2.45. The van der Waals surface area contributed by atoms with Gasteiger partial charge in [-0.05, 0) is 32.4 Å². The molecule has 14 heavy (non-hydrogen) atoms. The molecule has 1 aromatic heterocycles. The first kappa shape index (κ1) is 11.7. The first-order chi connectivity index (χ1) is 6.54. The van der Waals surface area contributed by atoms with Crippen molar-refractivity contribution in [1.82, 2.24) is 5.32 Å². The van der Waals surface area contributed by atoms with Crippen molar-refractivity contribution in [3.8, 4) is 0 Å². The standard InChI is InChI=1S/C10H14BrNOS/c1-6-4-9(8(3)14-6)7(2)12-10(13)5-11/h4,7H,5H2,1-3H3,(H,12,13). The molecule has 0 fully saturated rings. The highest BCUT2D eigenvalue weighted by Crippen LogP contribution is 2.25. The van der Waals surface area contributed by atoms with Crippen LogP contribution in [0.15, 0.2) is 6.07 Å². The maximum Gasteiger partial charge on any atom is 0.231 e. The molecule has 0 aliphatic carbocycles. The number of aryl methyl sites for hydroxylation is 2. The molecule has 1 unspecified atom stereocenters. The van der Waals surface area contributed by atoms with Crippen molar-refractivity contribution in [2.75, 3.05) is 5.33 Å². The highest BCUT2D eigenvalue weighted by molar-refractivity contribution is 9.09. The summed E-state index contributed by atoms with van der Waals surface area (Å²) in [6, 6.07) is 2.24. The van der Waals surface area contributed by atoms with Crippen LogP contribution in [0.1, 0.15) is 28.3 Å². The van der Waals surface area contributed by atoms with E-state index in [2.05, 4.69) is 41.2 Å². The molecule has 1 atom stereocenters. The van der Waals surface area contributed by atoms with E-state index in [0.717, 1.165) is 0 Å². The summed E-state index contributed by atoms with van der Waals surface area (Å²) in [7, 11) is 0. The van der Waals surface area contributed by atoms with Crippen LogP contribution in [0, 0.1) is 13.8 Å².